The summed E-state index contributed by atoms with van der Waals surface area (Å²) in [4.78, 5) is 53.6. The molecule has 1 fully saturated rings. The summed E-state index contributed by atoms with van der Waals surface area (Å²) in [6.45, 7) is 1.49. The van der Waals surface area contributed by atoms with Crippen molar-refractivity contribution >= 4 is 46.7 Å². The maximum atomic E-state index is 13.7. The van der Waals surface area contributed by atoms with Crippen molar-refractivity contribution in [2.75, 3.05) is 7.11 Å². The van der Waals surface area contributed by atoms with E-state index in [1.807, 2.05) is 12.2 Å². The molecule has 2 aliphatic rings. The Balaban J connectivity index is 1.75. The quantitative estimate of drug-likeness (QED) is 0.329. The molecule has 1 aliphatic carbocycles. The average molecular weight is 501 g/mol. The van der Waals surface area contributed by atoms with Gasteiger partial charge in [-0.3, -0.25) is 19.2 Å². The molecule has 0 radical (unpaired) electrons. The molecule has 9 heteroatoms. The number of Topliss-reactive ketones (excluding diaryl/α,β-unsaturated/α-hetero) is 1. The highest BCUT2D eigenvalue weighted by Crippen LogP contribution is 2.37. The van der Waals surface area contributed by atoms with E-state index in [0.29, 0.717) is 24.2 Å². The molecule has 0 saturated carbocycles. The maximum Gasteiger partial charge on any atom is 0.273 e. The second kappa shape index (κ2) is 9.60. The molecule has 3 atom stereocenters. The van der Waals surface area contributed by atoms with Crippen molar-refractivity contribution in [3.63, 3.8) is 0 Å². The van der Waals surface area contributed by atoms with Gasteiger partial charge in [-0.15, -0.1) is 0 Å². The molecule has 34 heavy (non-hydrogen) atoms. The number of halogens is 2. The van der Waals surface area contributed by atoms with Crippen molar-refractivity contribution in [1.82, 2.24) is 10.0 Å². The first-order valence-electron chi connectivity index (χ1n) is 10.7. The normalized spacial score (nSPS) is 20.2. The van der Waals surface area contributed by atoms with E-state index >= 15 is 0 Å². The highest BCUT2D eigenvalue weighted by molar-refractivity contribution is 6.42. The van der Waals surface area contributed by atoms with Crippen molar-refractivity contribution in [2.45, 2.75) is 25.8 Å². The van der Waals surface area contributed by atoms with Gasteiger partial charge in [0.1, 0.15) is 11.8 Å². The molecule has 4 rings (SSSR count). The van der Waals surface area contributed by atoms with Crippen LogP contribution in [0.15, 0.2) is 54.6 Å². The Kier molecular flexibility index (Phi) is 6.77. The van der Waals surface area contributed by atoms with Crippen LogP contribution in [0, 0.1) is 11.8 Å². The highest BCUT2D eigenvalue weighted by atomic mass is 35.5. The molecule has 1 aliphatic heterocycles. The highest BCUT2D eigenvalue weighted by Gasteiger charge is 2.52. The molecule has 7 nitrogen and oxygen atoms in total. The fourth-order valence-electron chi connectivity index (χ4n) is 4.30. The van der Waals surface area contributed by atoms with Crippen molar-refractivity contribution < 1.29 is 23.9 Å². The van der Waals surface area contributed by atoms with E-state index in [4.69, 9.17) is 27.9 Å². The zero-order valence-electron chi connectivity index (χ0n) is 18.5. The molecule has 0 bridgehead atoms. The lowest BCUT2D eigenvalue weighted by molar-refractivity contribution is -0.156. The number of ether oxygens (including phenoxy) is 1. The first-order chi connectivity index (χ1) is 16.2. The zero-order valence-corrected chi connectivity index (χ0v) is 20.0. The summed E-state index contributed by atoms with van der Waals surface area (Å²) in [6, 6.07) is 9.46. The molecule has 176 valence electrons. The monoisotopic (exact) mass is 500 g/mol. The Morgan fingerprint density at radius 3 is 2.03 bits per heavy atom. The summed E-state index contributed by atoms with van der Waals surface area (Å²) in [5.74, 6) is -2.71. The Morgan fingerprint density at radius 1 is 0.941 bits per heavy atom. The van der Waals surface area contributed by atoms with E-state index in [9.17, 15) is 19.2 Å². The summed E-state index contributed by atoms with van der Waals surface area (Å²) < 4.78 is 5.13. The van der Waals surface area contributed by atoms with Crippen LogP contribution in [0.3, 0.4) is 0 Å². The van der Waals surface area contributed by atoms with Gasteiger partial charge in [-0.1, -0.05) is 35.4 Å². The summed E-state index contributed by atoms with van der Waals surface area (Å²) in [5, 5.41) is 2.19. The lowest BCUT2D eigenvalue weighted by Gasteiger charge is -2.34. The topological polar surface area (TPSA) is 84.0 Å². The van der Waals surface area contributed by atoms with Crippen LogP contribution in [0.25, 0.3) is 0 Å². The number of imide groups is 1. The third kappa shape index (κ3) is 4.21. The molecule has 0 spiro atoms. The number of hydrogen-bond acceptors (Lipinski definition) is 5. The first-order valence-corrected chi connectivity index (χ1v) is 11.5. The number of ketones is 1. The van der Waals surface area contributed by atoms with Gasteiger partial charge in [0.25, 0.3) is 17.7 Å². The van der Waals surface area contributed by atoms with Gasteiger partial charge in [-0.05, 0) is 62.2 Å². The fourth-order valence-corrected chi connectivity index (χ4v) is 4.60. The number of carbonyl (C=O) groups excluding carboxylic acids is 4. The van der Waals surface area contributed by atoms with Gasteiger partial charge in [0, 0.05) is 11.1 Å². The molecule has 2 aromatic rings. The Hall–Kier alpha value is -3.16. The molecule has 2 aromatic carbocycles. The minimum absolute atomic E-state index is 0.0948. The first kappa shape index (κ1) is 24.0. The second-order valence-electron chi connectivity index (χ2n) is 8.19. The van der Waals surface area contributed by atoms with Gasteiger partial charge in [0.15, 0.2) is 5.78 Å². The lowest BCUT2D eigenvalue weighted by Crippen LogP contribution is -2.56. The van der Waals surface area contributed by atoms with Crippen molar-refractivity contribution in [3.8, 4) is 5.75 Å². The van der Waals surface area contributed by atoms with Crippen LogP contribution < -0.4 is 4.74 Å². The van der Waals surface area contributed by atoms with Crippen LogP contribution >= 0.6 is 23.2 Å². The van der Waals surface area contributed by atoms with Gasteiger partial charge >= 0.3 is 0 Å². The van der Waals surface area contributed by atoms with Crippen molar-refractivity contribution in [1.29, 1.82) is 0 Å². The number of methoxy groups -OCH3 is 1. The Labute approximate surface area is 206 Å². The smallest absolute Gasteiger partial charge is 0.273 e. The second-order valence-corrected chi connectivity index (χ2v) is 9.01. The molecule has 0 N–H and O–H groups in total. The standard InChI is InChI=1S/C25H22Cl2N2O5/c1-14(22(30)15-7-10-17(34-2)11-8-15)28(23(31)16-9-12-20(26)21(27)13-16)29-24(32)18-5-3-4-6-19(18)25(29)33/h3-4,7-14,18-19H,5-6H2,1-2H3/t14-,18-,19+/m0/s1. The largest absolute Gasteiger partial charge is 0.497 e. The predicted octanol–water partition coefficient (Wildman–Crippen LogP) is 4.58. The van der Waals surface area contributed by atoms with Crippen molar-refractivity contribution in [3.05, 3.63) is 75.8 Å². The molecular weight excluding hydrogens is 479 g/mol. The van der Waals surface area contributed by atoms with Crippen LogP contribution in [0.5, 0.6) is 5.75 Å². The van der Waals surface area contributed by atoms with Crippen LogP contribution in [0.1, 0.15) is 40.5 Å². The van der Waals surface area contributed by atoms with Gasteiger partial charge in [-0.2, -0.15) is 5.01 Å². The van der Waals surface area contributed by atoms with Gasteiger partial charge in [0.05, 0.1) is 29.0 Å². The van der Waals surface area contributed by atoms with E-state index in [-0.39, 0.29) is 15.6 Å². The predicted molar refractivity (Wildman–Crippen MR) is 127 cm³/mol. The average Bonchev–Trinajstić information content (AvgIpc) is 3.10. The third-order valence-electron chi connectivity index (χ3n) is 6.20. The maximum absolute atomic E-state index is 13.7. The van der Waals surface area contributed by atoms with Gasteiger partial charge < -0.3 is 4.74 Å². The number of benzene rings is 2. The van der Waals surface area contributed by atoms with Crippen LogP contribution in [-0.2, 0) is 9.59 Å². The van der Waals surface area contributed by atoms with E-state index < -0.39 is 41.4 Å². The zero-order chi connectivity index (χ0) is 24.6. The number of hydrazine groups is 1. The van der Waals surface area contributed by atoms with Gasteiger partial charge in [-0.25, -0.2) is 5.01 Å². The Morgan fingerprint density at radius 2 is 1.50 bits per heavy atom. The third-order valence-corrected chi connectivity index (χ3v) is 6.93. The summed E-state index contributed by atoms with van der Waals surface area (Å²) >= 11 is 12.1. The minimum Gasteiger partial charge on any atom is -0.497 e. The molecule has 1 saturated heterocycles. The molecule has 0 aromatic heterocycles. The summed E-state index contributed by atoms with van der Waals surface area (Å²) in [7, 11) is 1.51. The lowest BCUT2D eigenvalue weighted by atomic mass is 9.85. The van der Waals surface area contributed by atoms with E-state index in [1.54, 1.807) is 24.3 Å². The Bertz CT molecular complexity index is 1170. The number of carbonyl (C=O) groups is 4. The summed E-state index contributed by atoms with van der Waals surface area (Å²) in [5.41, 5.74) is 0.399. The SMILES string of the molecule is COc1ccc(C(=O)[C@H](C)N(C(=O)c2ccc(Cl)c(Cl)c2)N2C(=O)[C@H]3CC=CC[C@H]3C2=O)cc1. The molecular formula is C25H22Cl2N2O5. The van der Waals surface area contributed by atoms with Crippen LogP contribution in [0.4, 0.5) is 0 Å². The number of rotatable bonds is 6. The number of hydrogen-bond donors (Lipinski definition) is 0. The number of allylic oxidation sites excluding steroid dienone is 2. The van der Waals surface area contributed by atoms with E-state index in [2.05, 4.69) is 0 Å². The molecule has 3 amide bonds. The number of fused-ring (bicyclic) bond motifs is 1. The molecule has 1 heterocycles. The van der Waals surface area contributed by atoms with Crippen molar-refractivity contribution in [2.24, 2.45) is 11.8 Å². The van der Waals surface area contributed by atoms with Gasteiger partial charge in [0.2, 0.25) is 0 Å². The van der Waals surface area contributed by atoms with E-state index in [0.717, 1.165) is 10.0 Å². The fraction of sp³-hybridized carbons (Fsp3) is 0.280. The van der Waals surface area contributed by atoms with Crippen LogP contribution in [0.2, 0.25) is 10.0 Å². The molecule has 0 unspecified atom stereocenters. The van der Waals surface area contributed by atoms with Crippen LogP contribution in [-0.4, -0.2) is 46.7 Å². The minimum atomic E-state index is -1.16. The number of amides is 3. The summed E-state index contributed by atoms with van der Waals surface area (Å²) in [6.07, 6.45) is 4.52. The number of nitrogens with zero attached hydrogens (tertiary/aromatic N) is 2. The van der Waals surface area contributed by atoms with E-state index in [1.165, 1.54) is 32.2 Å².